The molecule has 0 unspecified atom stereocenters. The summed E-state index contributed by atoms with van der Waals surface area (Å²) in [7, 11) is 3.26. The van der Waals surface area contributed by atoms with Crippen LogP contribution in [0.15, 0.2) is 30.5 Å². The number of rotatable bonds is 3. The third-order valence-electron chi connectivity index (χ3n) is 2.78. The van der Waals surface area contributed by atoms with Gasteiger partial charge in [-0.25, -0.2) is 4.68 Å². The Balaban J connectivity index is 2.53. The molecule has 1 aromatic heterocycles. The minimum Gasteiger partial charge on any atom is -0.397 e. The highest BCUT2D eigenvalue weighted by Crippen LogP contribution is 2.21. The largest absolute Gasteiger partial charge is 0.397 e. The summed E-state index contributed by atoms with van der Waals surface area (Å²) in [6.45, 7) is 0. The average Bonchev–Trinajstić information content (AvgIpc) is 2.86. The maximum atomic E-state index is 11.8. The van der Waals surface area contributed by atoms with Crippen LogP contribution in [-0.2, 0) is 0 Å². The van der Waals surface area contributed by atoms with E-state index in [9.17, 15) is 9.59 Å². The van der Waals surface area contributed by atoms with Crippen molar-refractivity contribution >= 4 is 17.5 Å². The molecule has 0 aliphatic heterocycles. The van der Waals surface area contributed by atoms with Crippen LogP contribution < -0.4 is 11.5 Å². The fraction of sp³-hybridized carbons (Fsp3) is 0.154. The van der Waals surface area contributed by atoms with Crippen molar-refractivity contribution in [2.24, 2.45) is 5.73 Å². The number of nitrogen functional groups attached to an aromatic ring is 1. The van der Waals surface area contributed by atoms with Crippen molar-refractivity contribution in [1.82, 2.24) is 14.7 Å². The van der Waals surface area contributed by atoms with Gasteiger partial charge in [0, 0.05) is 20.3 Å². The zero-order chi connectivity index (χ0) is 14.9. The van der Waals surface area contributed by atoms with E-state index in [1.165, 1.54) is 9.58 Å². The molecule has 0 atom stereocenters. The van der Waals surface area contributed by atoms with Gasteiger partial charge in [0.1, 0.15) is 5.69 Å². The first kappa shape index (κ1) is 13.6. The third-order valence-corrected chi connectivity index (χ3v) is 2.78. The van der Waals surface area contributed by atoms with Crippen LogP contribution in [0.25, 0.3) is 5.69 Å². The van der Waals surface area contributed by atoms with Gasteiger partial charge in [-0.1, -0.05) is 6.07 Å². The van der Waals surface area contributed by atoms with Gasteiger partial charge in [0.2, 0.25) is 0 Å². The quantitative estimate of drug-likeness (QED) is 0.782. The SMILES string of the molecule is CN(C)C(=O)c1ccn(-c2c(N)cccc2C(N)=O)n1. The van der Waals surface area contributed by atoms with Crippen LogP contribution in [0.5, 0.6) is 0 Å². The highest BCUT2D eigenvalue weighted by Gasteiger charge is 2.17. The maximum Gasteiger partial charge on any atom is 0.273 e. The van der Waals surface area contributed by atoms with E-state index in [4.69, 9.17) is 11.5 Å². The predicted molar refractivity (Wildman–Crippen MR) is 74.5 cm³/mol. The topological polar surface area (TPSA) is 107 Å². The van der Waals surface area contributed by atoms with E-state index in [-0.39, 0.29) is 17.2 Å². The molecule has 104 valence electrons. The number of hydrogen-bond donors (Lipinski definition) is 2. The van der Waals surface area contributed by atoms with Gasteiger partial charge < -0.3 is 16.4 Å². The first-order valence-electron chi connectivity index (χ1n) is 5.88. The Morgan fingerprint density at radius 3 is 2.55 bits per heavy atom. The molecule has 0 radical (unpaired) electrons. The summed E-state index contributed by atoms with van der Waals surface area (Å²) in [4.78, 5) is 24.7. The summed E-state index contributed by atoms with van der Waals surface area (Å²) in [5, 5.41) is 4.14. The molecule has 2 amide bonds. The molecule has 0 bridgehead atoms. The van der Waals surface area contributed by atoms with Crippen LogP contribution in [0.3, 0.4) is 0 Å². The van der Waals surface area contributed by atoms with E-state index in [1.54, 1.807) is 44.6 Å². The number of carbonyl (C=O) groups is 2. The second-order valence-electron chi connectivity index (χ2n) is 4.45. The van der Waals surface area contributed by atoms with Gasteiger partial charge in [-0.3, -0.25) is 9.59 Å². The molecule has 4 N–H and O–H groups in total. The summed E-state index contributed by atoms with van der Waals surface area (Å²) < 4.78 is 1.38. The number of benzene rings is 1. The summed E-state index contributed by atoms with van der Waals surface area (Å²) in [5.41, 5.74) is 12.4. The Morgan fingerprint density at radius 1 is 1.25 bits per heavy atom. The van der Waals surface area contributed by atoms with Gasteiger partial charge in [0.25, 0.3) is 11.8 Å². The van der Waals surface area contributed by atoms with Gasteiger partial charge in [-0.05, 0) is 18.2 Å². The van der Waals surface area contributed by atoms with Crippen molar-refractivity contribution in [3.63, 3.8) is 0 Å². The van der Waals surface area contributed by atoms with Gasteiger partial charge in [0.05, 0.1) is 11.3 Å². The highest BCUT2D eigenvalue weighted by molar-refractivity contribution is 5.98. The number of anilines is 1. The third kappa shape index (κ3) is 2.33. The molecule has 7 nitrogen and oxygen atoms in total. The zero-order valence-corrected chi connectivity index (χ0v) is 11.2. The minimum atomic E-state index is -0.608. The van der Waals surface area contributed by atoms with Crippen LogP contribution in [-0.4, -0.2) is 40.6 Å². The molecule has 0 saturated carbocycles. The number of hydrogen-bond acceptors (Lipinski definition) is 4. The summed E-state index contributed by atoms with van der Waals surface area (Å²) in [6, 6.07) is 6.38. The van der Waals surface area contributed by atoms with Crippen LogP contribution >= 0.6 is 0 Å². The highest BCUT2D eigenvalue weighted by atomic mass is 16.2. The molecule has 0 spiro atoms. The van der Waals surface area contributed by atoms with Crippen molar-refractivity contribution in [3.05, 3.63) is 41.7 Å². The molecule has 1 heterocycles. The van der Waals surface area contributed by atoms with Crippen molar-refractivity contribution in [3.8, 4) is 5.69 Å². The molecule has 20 heavy (non-hydrogen) atoms. The molecule has 2 rings (SSSR count). The van der Waals surface area contributed by atoms with E-state index < -0.39 is 5.91 Å². The standard InChI is InChI=1S/C13H15N5O2/c1-17(2)13(20)10-6-7-18(16-10)11-8(12(15)19)4-3-5-9(11)14/h3-7H,14H2,1-2H3,(H2,15,19). The Hall–Kier alpha value is -2.83. The van der Waals surface area contributed by atoms with Gasteiger partial charge >= 0.3 is 0 Å². The van der Waals surface area contributed by atoms with Crippen molar-refractivity contribution in [1.29, 1.82) is 0 Å². The van der Waals surface area contributed by atoms with Crippen molar-refractivity contribution in [2.75, 3.05) is 19.8 Å². The second kappa shape index (κ2) is 5.04. The second-order valence-corrected chi connectivity index (χ2v) is 4.45. The van der Waals surface area contributed by atoms with Gasteiger partial charge in [-0.15, -0.1) is 0 Å². The van der Waals surface area contributed by atoms with Gasteiger partial charge in [-0.2, -0.15) is 5.10 Å². The lowest BCUT2D eigenvalue weighted by atomic mass is 10.1. The van der Waals surface area contributed by atoms with E-state index in [0.29, 0.717) is 11.4 Å². The number of primary amides is 1. The first-order valence-corrected chi connectivity index (χ1v) is 5.88. The fourth-order valence-corrected chi connectivity index (χ4v) is 1.81. The molecule has 0 aliphatic rings. The molecule has 1 aromatic carbocycles. The lowest BCUT2D eigenvalue weighted by molar-refractivity contribution is 0.0821. The van der Waals surface area contributed by atoms with E-state index in [1.807, 2.05) is 0 Å². The number of aromatic nitrogens is 2. The van der Waals surface area contributed by atoms with Crippen LogP contribution in [0.2, 0.25) is 0 Å². The lowest BCUT2D eigenvalue weighted by Gasteiger charge is -2.10. The Morgan fingerprint density at radius 2 is 1.95 bits per heavy atom. The molecule has 0 saturated heterocycles. The maximum absolute atomic E-state index is 11.8. The Labute approximate surface area is 115 Å². The number of para-hydroxylation sites is 1. The molecule has 0 fully saturated rings. The molecular formula is C13H15N5O2. The van der Waals surface area contributed by atoms with E-state index >= 15 is 0 Å². The molecule has 7 heteroatoms. The minimum absolute atomic E-state index is 0.237. The summed E-state index contributed by atoms with van der Waals surface area (Å²) in [6.07, 6.45) is 1.56. The number of carbonyl (C=O) groups excluding carboxylic acids is 2. The lowest BCUT2D eigenvalue weighted by Crippen LogP contribution is -2.22. The summed E-state index contributed by atoms with van der Waals surface area (Å²) >= 11 is 0. The number of nitrogens with two attached hydrogens (primary N) is 2. The van der Waals surface area contributed by atoms with E-state index in [2.05, 4.69) is 5.10 Å². The van der Waals surface area contributed by atoms with Crippen molar-refractivity contribution in [2.45, 2.75) is 0 Å². The molecular weight excluding hydrogens is 258 g/mol. The zero-order valence-electron chi connectivity index (χ0n) is 11.2. The Kier molecular flexibility index (Phi) is 3.43. The van der Waals surface area contributed by atoms with Crippen molar-refractivity contribution < 1.29 is 9.59 Å². The van der Waals surface area contributed by atoms with Gasteiger partial charge in [0.15, 0.2) is 5.69 Å². The van der Waals surface area contributed by atoms with Crippen LogP contribution in [0.1, 0.15) is 20.8 Å². The first-order chi connectivity index (χ1) is 9.41. The monoisotopic (exact) mass is 273 g/mol. The molecule has 2 aromatic rings. The fourth-order valence-electron chi connectivity index (χ4n) is 1.81. The van der Waals surface area contributed by atoms with E-state index in [0.717, 1.165) is 0 Å². The van der Waals surface area contributed by atoms with Crippen LogP contribution in [0, 0.1) is 0 Å². The number of amides is 2. The summed E-state index contributed by atoms with van der Waals surface area (Å²) in [5.74, 6) is -0.845. The Bertz CT molecular complexity index is 675. The van der Waals surface area contributed by atoms with Crippen LogP contribution in [0.4, 0.5) is 5.69 Å². The predicted octanol–water partition coefficient (Wildman–Crippen LogP) is 0.255. The smallest absolute Gasteiger partial charge is 0.273 e. The normalized spacial score (nSPS) is 10.3. The molecule has 0 aliphatic carbocycles. The average molecular weight is 273 g/mol. The number of nitrogens with zero attached hydrogens (tertiary/aromatic N) is 3.